The Balaban J connectivity index is 1.61. The fourth-order valence-corrected chi connectivity index (χ4v) is 3.60. The van der Waals surface area contributed by atoms with Gasteiger partial charge in [0.1, 0.15) is 5.75 Å². The Morgan fingerprint density at radius 1 is 1.10 bits per heavy atom. The van der Waals surface area contributed by atoms with Crippen LogP contribution < -0.4 is 20.1 Å². The first-order valence-electron chi connectivity index (χ1n) is 10.3. The Kier molecular flexibility index (Phi) is 7.70. The smallest absolute Gasteiger partial charge is 0.240 e. The topological polar surface area (TPSA) is 91.8 Å². The van der Waals surface area contributed by atoms with Crippen LogP contribution in [0.5, 0.6) is 5.75 Å². The van der Waals surface area contributed by atoms with Crippen LogP contribution in [0.1, 0.15) is 30.9 Å². The SMILES string of the molecule is CCNC(=NCc1ccc(S(=O)(=O)NC)cc1)NCc1ccccc1OCC1CC1. The number of rotatable bonds is 10. The highest BCUT2D eigenvalue weighted by Gasteiger charge is 2.22. The van der Waals surface area contributed by atoms with Crippen molar-refractivity contribution in [1.82, 2.24) is 15.4 Å². The number of aliphatic imine (C=N–C) groups is 1. The highest BCUT2D eigenvalue weighted by Crippen LogP contribution is 2.30. The first-order valence-corrected chi connectivity index (χ1v) is 11.8. The average molecular weight is 431 g/mol. The summed E-state index contributed by atoms with van der Waals surface area (Å²) < 4.78 is 31.9. The molecule has 8 heteroatoms. The van der Waals surface area contributed by atoms with Crippen molar-refractivity contribution >= 4 is 16.0 Å². The van der Waals surface area contributed by atoms with Gasteiger partial charge in [-0.1, -0.05) is 30.3 Å². The number of para-hydroxylation sites is 1. The van der Waals surface area contributed by atoms with E-state index >= 15 is 0 Å². The lowest BCUT2D eigenvalue weighted by atomic mass is 10.2. The van der Waals surface area contributed by atoms with Crippen LogP contribution in [0.4, 0.5) is 0 Å². The van der Waals surface area contributed by atoms with Crippen molar-refractivity contribution in [2.45, 2.75) is 37.8 Å². The van der Waals surface area contributed by atoms with Crippen molar-refractivity contribution in [2.24, 2.45) is 10.9 Å². The largest absolute Gasteiger partial charge is 0.493 e. The molecule has 30 heavy (non-hydrogen) atoms. The Morgan fingerprint density at radius 2 is 1.83 bits per heavy atom. The molecule has 0 heterocycles. The summed E-state index contributed by atoms with van der Waals surface area (Å²) in [4.78, 5) is 4.85. The molecule has 0 bridgehead atoms. The number of sulfonamides is 1. The van der Waals surface area contributed by atoms with Gasteiger partial charge in [-0.2, -0.15) is 0 Å². The molecule has 2 aromatic rings. The van der Waals surface area contributed by atoms with Gasteiger partial charge in [0, 0.05) is 18.7 Å². The molecule has 1 fully saturated rings. The van der Waals surface area contributed by atoms with Gasteiger partial charge >= 0.3 is 0 Å². The van der Waals surface area contributed by atoms with Gasteiger partial charge in [-0.05, 0) is 56.5 Å². The van der Waals surface area contributed by atoms with E-state index in [1.54, 1.807) is 24.3 Å². The fourth-order valence-electron chi connectivity index (χ4n) is 2.87. The Bertz CT molecular complexity index is 955. The average Bonchev–Trinajstić information content (AvgIpc) is 3.59. The molecule has 1 saturated carbocycles. The van der Waals surface area contributed by atoms with Crippen LogP contribution in [0, 0.1) is 5.92 Å². The second-order valence-electron chi connectivity index (χ2n) is 7.26. The minimum Gasteiger partial charge on any atom is -0.493 e. The maximum absolute atomic E-state index is 11.8. The minimum atomic E-state index is -3.43. The van der Waals surface area contributed by atoms with Crippen molar-refractivity contribution in [1.29, 1.82) is 0 Å². The van der Waals surface area contributed by atoms with E-state index in [0.717, 1.165) is 30.0 Å². The van der Waals surface area contributed by atoms with E-state index < -0.39 is 10.0 Å². The summed E-state index contributed by atoms with van der Waals surface area (Å²) in [5.41, 5.74) is 2.01. The molecule has 1 aliphatic rings. The van der Waals surface area contributed by atoms with Gasteiger partial charge < -0.3 is 15.4 Å². The molecule has 0 atom stereocenters. The van der Waals surface area contributed by atoms with Crippen LogP contribution in [-0.2, 0) is 23.1 Å². The summed E-state index contributed by atoms with van der Waals surface area (Å²) in [5.74, 6) is 2.31. The van der Waals surface area contributed by atoms with Crippen molar-refractivity contribution in [3.8, 4) is 5.75 Å². The molecule has 0 aliphatic heterocycles. The lowest BCUT2D eigenvalue weighted by Crippen LogP contribution is -2.36. The van der Waals surface area contributed by atoms with Gasteiger partial charge in [0.2, 0.25) is 10.0 Å². The molecular formula is C22H30N4O3S. The summed E-state index contributed by atoms with van der Waals surface area (Å²) in [6, 6.07) is 14.8. The van der Waals surface area contributed by atoms with E-state index in [9.17, 15) is 8.42 Å². The minimum absolute atomic E-state index is 0.241. The predicted octanol–water partition coefficient (Wildman–Crippen LogP) is 2.64. The zero-order valence-electron chi connectivity index (χ0n) is 17.5. The normalized spacial score (nSPS) is 14.4. The lowest BCUT2D eigenvalue weighted by Gasteiger charge is -2.14. The monoisotopic (exact) mass is 430 g/mol. The third-order valence-corrected chi connectivity index (χ3v) is 6.29. The molecule has 0 aromatic heterocycles. The number of nitrogens with one attached hydrogen (secondary N) is 3. The number of benzene rings is 2. The van der Waals surface area contributed by atoms with E-state index in [-0.39, 0.29) is 4.90 Å². The summed E-state index contributed by atoms with van der Waals surface area (Å²) in [6.45, 7) is 4.58. The van der Waals surface area contributed by atoms with E-state index in [4.69, 9.17) is 4.74 Å². The fraction of sp³-hybridized carbons (Fsp3) is 0.409. The van der Waals surface area contributed by atoms with Crippen LogP contribution >= 0.6 is 0 Å². The third kappa shape index (κ3) is 6.47. The summed E-state index contributed by atoms with van der Waals surface area (Å²) in [7, 11) is -2.03. The van der Waals surface area contributed by atoms with Gasteiger partial charge in [0.05, 0.1) is 18.0 Å². The molecule has 7 nitrogen and oxygen atoms in total. The van der Waals surface area contributed by atoms with Gasteiger partial charge in [0.15, 0.2) is 5.96 Å². The molecule has 0 amide bonds. The van der Waals surface area contributed by atoms with E-state index in [1.807, 2.05) is 25.1 Å². The molecule has 0 spiro atoms. The van der Waals surface area contributed by atoms with Crippen molar-refractivity contribution in [2.75, 3.05) is 20.2 Å². The quantitative estimate of drug-likeness (QED) is 0.398. The van der Waals surface area contributed by atoms with Gasteiger partial charge in [0.25, 0.3) is 0 Å². The van der Waals surface area contributed by atoms with E-state index in [0.29, 0.717) is 25.0 Å². The molecule has 2 aromatic carbocycles. The predicted molar refractivity (Wildman–Crippen MR) is 119 cm³/mol. The standard InChI is InChI=1S/C22H30N4O3S/c1-3-24-22(25-14-17-10-12-20(13-11-17)30(27,28)23-2)26-15-19-6-4-5-7-21(19)29-16-18-8-9-18/h4-7,10-13,18,23H,3,8-9,14-16H2,1-2H3,(H2,24,25,26). The lowest BCUT2D eigenvalue weighted by molar-refractivity contribution is 0.296. The Hall–Kier alpha value is -2.58. The zero-order chi connectivity index (χ0) is 21.4. The van der Waals surface area contributed by atoms with Crippen LogP contribution in [0.2, 0.25) is 0 Å². The number of nitrogens with zero attached hydrogens (tertiary/aromatic N) is 1. The number of hydrogen-bond donors (Lipinski definition) is 3. The van der Waals surface area contributed by atoms with Crippen molar-refractivity contribution < 1.29 is 13.2 Å². The summed E-state index contributed by atoms with van der Waals surface area (Å²) in [5, 5.41) is 6.59. The summed E-state index contributed by atoms with van der Waals surface area (Å²) in [6.07, 6.45) is 2.53. The number of ether oxygens (including phenoxy) is 1. The van der Waals surface area contributed by atoms with Crippen molar-refractivity contribution in [3.05, 3.63) is 59.7 Å². The highest BCUT2D eigenvalue weighted by atomic mass is 32.2. The maximum atomic E-state index is 11.8. The van der Waals surface area contributed by atoms with Crippen LogP contribution in [0.15, 0.2) is 58.4 Å². The highest BCUT2D eigenvalue weighted by molar-refractivity contribution is 7.89. The summed E-state index contributed by atoms with van der Waals surface area (Å²) >= 11 is 0. The maximum Gasteiger partial charge on any atom is 0.240 e. The third-order valence-electron chi connectivity index (χ3n) is 4.86. The Morgan fingerprint density at radius 3 is 2.50 bits per heavy atom. The van der Waals surface area contributed by atoms with Crippen LogP contribution in [0.25, 0.3) is 0 Å². The molecular weight excluding hydrogens is 400 g/mol. The first-order chi connectivity index (χ1) is 14.5. The first kappa shape index (κ1) is 22.1. The van der Waals surface area contributed by atoms with Gasteiger partial charge in [-0.15, -0.1) is 0 Å². The molecule has 0 unspecified atom stereocenters. The number of guanidine groups is 1. The van der Waals surface area contributed by atoms with E-state index in [1.165, 1.54) is 19.9 Å². The van der Waals surface area contributed by atoms with Crippen molar-refractivity contribution in [3.63, 3.8) is 0 Å². The molecule has 162 valence electrons. The molecule has 1 aliphatic carbocycles. The molecule has 0 radical (unpaired) electrons. The second kappa shape index (κ2) is 10.4. The Labute approximate surface area is 179 Å². The van der Waals surface area contributed by atoms with Crippen LogP contribution in [-0.4, -0.2) is 34.6 Å². The number of hydrogen-bond acceptors (Lipinski definition) is 4. The zero-order valence-corrected chi connectivity index (χ0v) is 18.3. The molecule has 3 rings (SSSR count). The van der Waals surface area contributed by atoms with E-state index in [2.05, 4.69) is 26.4 Å². The second-order valence-corrected chi connectivity index (χ2v) is 9.15. The molecule has 3 N–H and O–H groups in total. The van der Waals surface area contributed by atoms with Crippen LogP contribution in [0.3, 0.4) is 0 Å². The van der Waals surface area contributed by atoms with Gasteiger partial charge in [-0.3, -0.25) is 0 Å². The molecule has 0 saturated heterocycles. The van der Waals surface area contributed by atoms with Gasteiger partial charge in [-0.25, -0.2) is 18.1 Å².